The van der Waals surface area contributed by atoms with Gasteiger partial charge in [0.2, 0.25) is 5.91 Å². The first-order valence-electron chi connectivity index (χ1n) is 10.1. The van der Waals surface area contributed by atoms with E-state index in [0.717, 1.165) is 31.5 Å². The van der Waals surface area contributed by atoms with Crippen LogP contribution in [0.3, 0.4) is 0 Å². The first kappa shape index (κ1) is 18.0. The Balaban J connectivity index is 1.58. The second-order valence-electron chi connectivity index (χ2n) is 7.97. The molecule has 1 aromatic carbocycles. The molecular weight excluding hydrogens is 328 g/mol. The van der Waals surface area contributed by atoms with Crippen LogP contribution < -0.4 is 0 Å². The first-order valence-corrected chi connectivity index (χ1v) is 10.1. The van der Waals surface area contributed by atoms with E-state index in [2.05, 4.69) is 4.90 Å². The summed E-state index contributed by atoms with van der Waals surface area (Å²) in [6.45, 7) is 4.26. The molecule has 5 heteroatoms. The van der Waals surface area contributed by atoms with Crippen molar-refractivity contribution in [2.24, 2.45) is 5.92 Å². The molecule has 1 aliphatic carbocycles. The largest absolute Gasteiger partial charge is 0.383 e. The molecule has 0 bridgehead atoms. The maximum atomic E-state index is 13.0. The summed E-state index contributed by atoms with van der Waals surface area (Å²) >= 11 is 0. The summed E-state index contributed by atoms with van der Waals surface area (Å²) in [5.41, 5.74) is 0.0508. The molecule has 2 saturated heterocycles. The van der Waals surface area contributed by atoms with Crippen molar-refractivity contribution in [1.29, 1.82) is 0 Å². The van der Waals surface area contributed by atoms with E-state index in [0.29, 0.717) is 38.6 Å². The predicted octanol–water partition coefficient (Wildman–Crippen LogP) is 2.00. The summed E-state index contributed by atoms with van der Waals surface area (Å²) in [6.07, 6.45) is 4.99. The van der Waals surface area contributed by atoms with Crippen molar-refractivity contribution in [3.8, 4) is 0 Å². The van der Waals surface area contributed by atoms with Gasteiger partial charge in [-0.25, -0.2) is 0 Å². The summed E-state index contributed by atoms with van der Waals surface area (Å²) in [5, 5.41) is 11.7. The fourth-order valence-corrected chi connectivity index (χ4v) is 4.92. The average Bonchev–Trinajstić information content (AvgIpc) is 3.24. The highest BCUT2D eigenvalue weighted by molar-refractivity contribution is 5.79. The molecule has 2 atom stereocenters. The van der Waals surface area contributed by atoms with Gasteiger partial charge in [0, 0.05) is 32.1 Å². The molecule has 1 aromatic rings. The smallest absolute Gasteiger partial charge is 0.225 e. The molecular formula is C21H30N2O3. The maximum absolute atomic E-state index is 13.0. The first-order chi connectivity index (χ1) is 12.7. The van der Waals surface area contributed by atoms with E-state index in [1.165, 1.54) is 12.8 Å². The Bertz CT molecular complexity index is 611. The van der Waals surface area contributed by atoms with Crippen LogP contribution in [0.15, 0.2) is 30.3 Å². The number of ether oxygens (including phenoxy) is 1. The van der Waals surface area contributed by atoms with Gasteiger partial charge in [-0.2, -0.15) is 0 Å². The molecule has 0 radical (unpaired) electrons. The van der Waals surface area contributed by atoms with Crippen LogP contribution in [-0.2, 0) is 15.1 Å². The van der Waals surface area contributed by atoms with E-state index in [1.54, 1.807) is 0 Å². The van der Waals surface area contributed by atoms with Gasteiger partial charge in [0.25, 0.3) is 0 Å². The average molecular weight is 358 g/mol. The summed E-state index contributed by atoms with van der Waals surface area (Å²) in [5.74, 6) is 0.499. The second kappa shape index (κ2) is 7.67. The van der Waals surface area contributed by atoms with Crippen LogP contribution in [-0.4, -0.2) is 66.2 Å². The number of benzene rings is 1. The summed E-state index contributed by atoms with van der Waals surface area (Å²) in [7, 11) is 0. The molecule has 1 amide bonds. The molecule has 2 heterocycles. The number of hydrogen-bond acceptors (Lipinski definition) is 4. The zero-order chi connectivity index (χ0) is 18.0. The third kappa shape index (κ3) is 3.40. The lowest BCUT2D eigenvalue weighted by molar-refractivity contribution is -0.151. The molecule has 3 aliphatic rings. The Morgan fingerprint density at radius 2 is 1.77 bits per heavy atom. The van der Waals surface area contributed by atoms with Gasteiger partial charge < -0.3 is 14.7 Å². The third-order valence-electron chi connectivity index (χ3n) is 6.48. The minimum absolute atomic E-state index is 0.0760. The lowest BCUT2D eigenvalue weighted by Crippen LogP contribution is -2.63. The van der Waals surface area contributed by atoms with Crippen molar-refractivity contribution in [2.75, 3.05) is 39.4 Å². The highest BCUT2D eigenvalue weighted by Crippen LogP contribution is 2.37. The van der Waals surface area contributed by atoms with Gasteiger partial charge in [-0.05, 0) is 24.8 Å². The second-order valence-corrected chi connectivity index (χ2v) is 7.97. The normalized spacial score (nSPS) is 31.3. The van der Waals surface area contributed by atoms with Gasteiger partial charge in [0.15, 0.2) is 0 Å². The number of carbonyl (C=O) groups is 1. The number of morpholine rings is 1. The number of carbonyl (C=O) groups excluding carboxylic acids is 1. The van der Waals surface area contributed by atoms with Gasteiger partial charge in [-0.1, -0.05) is 43.2 Å². The molecule has 26 heavy (non-hydrogen) atoms. The number of hydrogen-bond donors (Lipinski definition) is 1. The quantitative estimate of drug-likeness (QED) is 0.898. The van der Waals surface area contributed by atoms with Crippen LogP contribution in [0.5, 0.6) is 0 Å². The highest BCUT2D eigenvalue weighted by Gasteiger charge is 2.47. The molecule has 5 nitrogen and oxygen atoms in total. The van der Waals surface area contributed by atoms with Crippen molar-refractivity contribution in [3.63, 3.8) is 0 Å². The van der Waals surface area contributed by atoms with E-state index < -0.39 is 5.60 Å². The monoisotopic (exact) mass is 358 g/mol. The molecule has 3 fully saturated rings. The van der Waals surface area contributed by atoms with E-state index in [1.807, 2.05) is 35.2 Å². The molecule has 0 aromatic heterocycles. The van der Waals surface area contributed by atoms with Crippen LogP contribution in [0.25, 0.3) is 0 Å². The topological polar surface area (TPSA) is 53.0 Å². The van der Waals surface area contributed by atoms with E-state index >= 15 is 0 Å². The van der Waals surface area contributed by atoms with E-state index in [4.69, 9.17) is 4.74 Å². The molecule has 1 saturated carbocycles. The fourth-order valence-electron chi connectivity index (χ4n) is 4.92. The maximum Gasteiger partial charge on any atom is 0.225 e. The Kier molecular flexibility index (Phi) is 5.30. The van der Waals surface area contributed by atoms with Crippen LogP contribution in [0.4, 0.5) is 0 Å². The Morgan fingerprint density at radius 1 is 1.08 bits per heavy atom. The number of piperidine rings is 1. The van der Waals surface area contributed by atoms with Crippen LogP contribution >= 0.6 is 0 Å². The molecule has 0 unspecified atom stereocenters. The lowest BCUT2D eigenvalue weighted by atomic mass is 9.79. The van der Waals surface area contributed by atoms with Crippen LogP contribution in [0.2, 0.25) is 0 Å². The zero-order valence-corrected chi connectivity index (χ0v) is 15.5. The third-order valence-corrected chi connectivity index (χ3v) is 6.48. The molecule has 2 aliphatic heterocycles. The van der Waals surface area contributed by atoms with Gasteiger partial charge in [0.1, 0.15) is 5.60 Å². The molecule has 1 N–H and O–H groups in total. The fraction of sp³-hybridized carbons (Fsp3) is 0.667. The van der Waals surface area contributed by atoms with Crippen molar-refractivity contribution < 1.29 is 14.6 Å². The van der Waals surface area contributed by atoms with E-state index in [9.17, 15) is 9.90 Å². The number of aliphatic hydroxyl groups is 1. The Morgan fingerprint density at radius 3 is 2.46 bits per heavy atom. The van der Waals surface area contributed by atoms with Gasteiger partial charge in [-0.3, -0.25) is 9.69 Å². The summed E-state index contributed by atoms with van der Waals surface area (Å²) in [6, 6.07) is 9.91. The molecule has 142 valence electrons. The van der Waals surface area contributed by atoms with Crippen molar-refractivity contribution in [3.05, 3.63) is 35.9 Å². The van der Waals surface area contributed by atoms with Crippen LogP contribution in [0, 0.1) is 5.92 Å². The number of amides is 1. The Labute approximate surface area is 155 Å². The Hall–Kier alpha value is -1.43. The highest BCUT2D eigenvalue weighted by atomic mass is 16.5. The van der Waals surface area contributed by atoms with Crippen LogP contribution in [0.1, 0.15) is 37.7 Å². The number of likely N-dealkylation sites (tertiary alicyclic amines) is 1. The number of rotatable bonds is 3. The zero-order valence-electron chi connectivity index (χ0n) is 15.5. The minimum Gasteiger partial charge on any atom is -0.383 e. The minimum atomic E-state index is -0.912. The standard InChI is InChI=1S/C21H30N2O3/c24-20(17-6-4-5-7-17)23-11-10-21(25,18-8-2-1-3-9-18)19(16-23)22-12-14-26-15-13-22/h1-3,8-9,17,19,25H,4-7,10-16H2/t19-,21+/m1/s1. The lowest BCUT2D eigenvalue weighted by Gasteiger charge is -2.50. The number of nitrogens with zero attached hydrogens (tertiary/aromatic N) is 2. The van der Waals surface area contributed by atoms with Crippen molar-refractivity contribution >= 4 is 5.91 Å². The van der Waals surface area contributed by atoms with Gasteiger partial charge >= 0.3 is 0 Å². The predicted molar refractivity (Wildman–Crippen MR) is 99.7 cm³/mol. The van der Waals surface area contributed by atoms with E-state index in [-0.39, 0.29) is 12.0 Å². The molecule has 4 rings (SSSR count). The van der Waals surface area contributed by atoms with Gasteiger partial charge in [0.05, 0.1) is 19.3 Å². The SMILES string of the molecule is O=C(C1CCCC1)N1CC[C@](O)(c2ccccc2)[C@H](N2CCOCC2)C1. The van der Waals surface area contributed by atoms with Crippen molar-refractivity contribution in [1.82, 2.24) is 9.80 Å². The van der Waals surface area contributed by atoms with Crippen molar-refractivity contribution in [2.45, 2.75) is 43.7 Å². The summed E-state index contributed by atoms with van der Waals surface area (Å²) in [4.78, 5) is 17.3. The van der Waals surface area contributed by atoms with Gasteiger partial charge in [-0.15, -0.1) is 0 Å². The summed E-state index contributed by atoms with van der Waals surface area (Å²) < 4.78 is 5.52. The molecule has 0 spiro atoms.